The van der Waals surface area contributed by atoms with Crippen LogP contribution in [-0.4, -0.2) is 42.7 Å². The van der Waals surface area contributed by atoms with Gasteiger partial charge in [-0.05, 0) is 37.4 Å². The van der Waals surface area contributed by atoms with Crippen LogP contribution >= 0.6 is 11.3 Å². The lowest BCUT2D eigenvalue weighted by molar-refractivity contribution is -0.114. The Hall–Kier alpha value is -2.87. The van der Waals surface area contributed by atoms with Gasteiger partial charge in [-0.15, -0.1) is 11.3 Å². The van der Waals surface area contributed by atoms with E-state index in [-0.39, 0.29) is 12.5 Å². The first-order valence-electron chi connectivity index (χ1n) is 8.71. The van der Waals surface area contributed by atoms with Gasteiger partial charge in [0.2, 0.25) is 5.91 Å². The fourth-order valence-electron chi connectivity index (χ4n) is 2.70. The maximum atomic E-state index is 12.5. The maximum Gasteiger partial charge on any atom is 0.243 e. The molecule has 142 valence electrons. The van der Waals surface area contributed by atoms with Gasteiger partial charge in [0.15, 0.2) is 11.5 Å². The van der Waals surface area contributed by atoms with Crippen LogP contribution in [0.25, 0.3) is 10.2 Å². The molecule has 0 unspecified atom stereocenters. The molecular formula is C19H22N4O3S. The lowest BCUT2D eigenvalue weighted by atomic mass is 10.2. The van der Waals surface area contributed by atoms with E-state index in [1.165, 1.54) is 6.33 Å². The molecule has 0 fully saturated rings. The number of nitrogens with zero attached hydrogens (tertiary/aromatic N) is 3. The van der Waals surface area contributed by atoms with E-state index < -0.39 is 0 Å². The van der Waals surface area contributed by atoms with Crippen LogP contribution in [0.4, 0.5) is 11.5 Å². The number of likely N-dealkylation sites (N-methyl/N-ethyl adjacent to an activating group) is 1. The number of benzene rings is 1. The molecule has 3 aromatic rings. The number of hydrogen-bond acceptors (Lipinski definition) is 7. The summed E-state index contributed by atoms with van der Waals surface area (Å²) in [7, 11) is 1.84. The molecule has 0 aliphatic carbocycles. The van der Waals surface area contributed by atoms with Gasteiger partial charge in [-0.2, -0.15) is 0 Å². The van der Waals surface area contributed by atoms with Gasteiger partial charge >= 0.3 is 0 Å². The van der Waals surface area contributed by atoms with Gasteiger partial charge < -0.3 is 19.7 Å². The van der Waals surface area contributed by atoms with Crippen LogP contribution in [0.1, 0.15) is 13.8 Å². The van der Waals surface area contributed by atoms with Crippen molar-refractivity contribution in [1.29, 1.82) is 0 Å². The fourth-order valence-corrected chi connectivity index (χ4v) is 3.43. The number of hydrogen-bond donors (Lipinski definition) is 1. The third kappa shape index (κ3) is 4.46. The van der Waals surface area contributed by atoms with Gasteiger partial charge in [-0.1, -0.05) is 0 Å². The molecule has 8 heteroatoms. The summed E-state index contributed by atoms with van der Waals surface area (Å²) in [4.78, 5) is 23.7. The van der Waals surface area contributed by atoms with Crippen molar-refractivity contribution in [3.63, 3.8) is 0 Å². The second kappa shape index (κ2) is 8.68. The minimum atomic E-state index is -0.147. The van der Waals surface area contributed by atoms with Gasteiger partial charge in [0, 0.05) is 18.8 Å². The van der Waals surface area contributed by atoms with Crippen LogP contribution in [0.5, 0.6) is 11.5 Å². The van der Waals surface area contributed by atoms with E-state index in [0.717, 1.165) is 16.0 Å². The summed E-state index contributed by atoms with van der Waals surface area (Å²) in [6.07, 6.45) is 1.52. The molecule has 0 aliphatic heterocycles. The Morgan fingerprint density at radius 3 is 2.70 bits per heavy atom. The highest BCUT2D eigenvalue weighted by Gasteiger charge is 2.14. The first kappa shape index (κ1) is 18.9. The van der Waals surface area contributed by atoms with E-state index in [4.69, 9.17) is 9.47 Å². The number of ether oxygens (including phenoxy) is 2. The minimum Gasteiger partial charge on any atom is -0.490 e. The predicted molar refractivity (Wildman–Crippen MR) is 108 cm³/mol. The number of amides is 1. The first-order chi connectivity index (χ1) is 13.1. The molecule has 1 amide bonds. The minimum absolute atomic E-state index is 0.147. The highest BCUT2D eigenvalue weighted by atomic mass is 32.1. The molecule has 7 nitrogen and oxygen atoms in total. The van der Waals surface area contributed by atoms with Crippen molar-refractivity contribution in [3.8, 4) is 11.5 Å². The third-order valence-corrected chi connectivity index (χ3v) is 4.63. The molecule has 1 N–H and O–H groups in total. The lowest BCUT2D eigenvalue weighted by Crippen LogP contribution is -2.30. The smallest absolute Gasteiger partial charge is 0.243 e. The van der Waals surface area contributed by atoms with Gasteiger partial charge in [0.05, 0.1) is 25.1 Å². The Labute approximate surface area is 162 Å². The average Bonchev–Trinajstić information content (AvgIpc) is 3.12. The molecule has 0 spiro atoms. The highest BCUT2D eigenvalue weighted by molar-refractivity contribution is 7.16. The monoisotopic (exact) mass is 386 g/mol. The van der Waals surface area contributed by atoms with E-state index in [2.05, 4.69) is 15.3 Å². The molecule has 0 bridgehead atoms. The van der Waals surface area contributed by atoms with E-state index in [0.29, 0.717) is 30.4 Å². The van der Waals surface area contributed by atoms with Crippen LogP contribution in [-0.2, 0) is 4.79 Å². The zero-order valence-corrected chi connectivity index (χ0v) is 16.4. The molecular weight excluding hydrogens is 364 g/mol. The van der Waals surface area contributed by atoms with E-state index in [1.54, 1.807) is 29.5 Å². The number of thiophene rings is 1. The normalized spacial score (nSPS) is 10.6. The van der Waals surface area contributed by atoms with Gasteiger partial charge in [-0.3, -0.25) is 4.79 Å². The summed E-state index contributed by atoms with van der Waals surface area (Å²) >= 11 is 1.55. The quantitative estimate of drug-likeness (QED) is 0.638. The van der Waals surface area contributed by atoms with Crippen LogP contribution < -0.4 is 19.7 Å². The molecule has 0 aliphatic rings. The van der Waals surface area contributed by atoms with Gasteiger partial charge in [0.1, 0.15) is 17.0 Å². The number of nitrogens with one attached hydrogen (secondary N) is 1. The molecule has 2 aromatic heterocycles. The van der Waals surface area contributed by atoms with Crippen LogP contribution in [0.15, 0.2) is 36.0 Å². The molecule has 2 heterocycles. The summed E-state index contributed by atoms with van der Waals surface area (Å²) in [6, 6.07) is 7.33. The third-order valence-electron chi connectivity index (χ3n) is 3.81. The Morgan fingerprint density at radius 1 is 1.15 bits per heavy atom. The van der Waals surface area contributed by atoms with Crippen molar-refractivity contribution < 1.29 is 14.3 Å². The Bertz CT molecular complexity index is 928. The van der Waals surface area contributed by atoms with E-state index in [9.17, 15) is 4.79 Å². The summed E-state index contributed by atoms with van der Waals surface area (Å²) < 4.78 is 11.1. The lowest BCUT2D eigenvalue weighted by Gasteiger charge is -2.18. The number of aromatic nitrogens is 2. The number of carbonyl (C=O) groups excluding carboxylic acids is 1. The topological polar surface area (TPSA) is 76.6 Å². The fraction of sp³-hybridized carbons (Fsp3) is 0.316. The number of rotatable bonds is 8. The second-order valence-corrected chi connectivity index (χ2v) is 6.66. The Kier molecular flexibility index (Phi) is 6.08. The van der Waals surface area contributed by atoms with Crippen molar-refractivity contribution >= 4 is 39.0 Å². The molecule has 27 heavy (non-hydrogen) atoms. The number of fused-ring (bicyclic) bond motifs is 1. The molecule has 0 saturated heterocycles. The Morgan fingerprint density at radius 2 is 1.93 bits per heavy atom. The molecule has 0 radical (unpaired) electrons. The van der Waals surface area contributed by atoms with Crippen molar-refractivity contribution in [2.45, 2.75) is 13.8 Å². The predicted octanol–water partition coefficient (Wildman–Crippen LogP) is 3.56. The summed E-state index contributed by atoms with van der Waals surface area (Å²) in [5.74, 6) is 1.86. The van der Waals surface area contributed by atoms with Crippen LogP contribution in [0, 0.1) is 0 Å². The largest absolute Gasteiger partial charge is 0.490 e. The van der Waals surface area contributed by atoms with Gasteiger partial charge in [-0.25, -0.2) is 9.97 Å². The zero-order valence-electron chi connectivity index (χ0n) is 15.6. The standard InChI is InChI=1S/C19H22N4O3S/c1-4-25-15-7-6-13(10-16(15)26-5-2)22-17(24)11-23(3)18-14-8-9-27-19(14)21-12-20-18/h6-10,12H,4-5,11H2,1-3H3,(H,22,24). The molecule has 1 aromatic carbocycles. The van der Waals surface area contributed by atoms with Crippen molar-refractivity contribution in [3.05, 3.63) is 36.0 Å². The average molecular weight is 386 g/mol. The molecule has 0 saturated carbocycles. The summed E-state index contributed by atoms with van der Waals surface area (Å²) in [5, 5.41) is 5.80. The second-order valence-electron chi connectivity index (χ2n) is 5.77. The van der Waals surface area contributed by atoms with E-state index in [1.807, 2.05) is 37.2 Å². The van der Waals surface area contributed by atoms with Crippen molar-refractivity contribution in [2.75, 3.05) is 37.0 Å². The first-order valence-corrected chi connectivity index (χ1v) is 9.59. The Balaban J connectivity index is 1.70. The highest BCUT2D eigenvalue weighted by Crippen LogP contribution is 2.31. The number of carbonyl (C=O) groups is 1. The van der Waals surface area contributed by atoms with Crippen LogP contribution in [0.3, 0.4) is 0 Å². The summed E-state index contributed by atoms with van der Waals surface area (Å²) in [5.41, 5.74) is 0.656. The maximum absolute atomic E-state index is 12.5. The molecule has 3 rings (SSSR count). The number of anilines is 2. The summed E-state index contributed by atoms with van der Waals surface area (Å²) in [6.45, 7) is 5.05. The van der Waals surface area contributed by atoms with Gasteiger partial charge in [0.25, 0.3) is 0 Å². The van der Waals surface area contributed by atoms with Crippen molar-refractivity contribution in [1.82, 2.24) is 9.97 Å². The van der Waals surface area contributed by atoms with Crippen molar-refractivity contribution in [2.24, 2.45) is 0 Å². The van der Waals surface area contributed by atoms with E-state index >= 15 is 0 Å². The zero-order chi connectivity index (χ0) is 19.2. The SMILES string of the molecule is CCOc1ccc(NC(=O)CN(C)c2ncnc3sccc23)cc1OCC. The molecule has 0 atom stereocenters. The van der Waals surface area contributed by atoms with Crippen LogP contribution in [0.2, 0.25) is 0 Å².